The van der Waals surface area contributed by atoms with E-state index in [1.165, 1.54) is 38.1 Å². The third kappa shape index (κ3) is 7.35. The first-order valence-corrected chi connectivity index (χ1v) is 31.6. The van der Waals surface area contributed by atoms with E-state index in [9.17, 15) is 0 Å². The highest BCUT2D eigenvalue weighted by molar-refractivity contribution is 6.36. The van der Waals surface area contributed by atoms with Crippen LogP contribution in [-0.2, 0) is 0 Å². The van der Waals surface area contributed by atoms with Crippen LogP contribution in [-0.4, -0.2) is 38.7 Å². The highest BCUT2D eigenvalue weighted by atomic mass is 16.3. The summed E-state index contributed by atoms with van der Waals surface area (Å²) in [6.45, 7) is 0. The van der Waals surface area contributed by atoms with E-state index in [1.54, 1.807) is 0 Å². The van der Waals surface area contributed by atoms with Crippen LogP contribution in [0.1, 0.15) is 0 Å². The number of nitrogens with zero attached hydrogens (tertiary/aromatic N) is 8. The molecule has 0 aliphatic carbocycles. The van der Waals surface area contributed by atoms with Crippen molar-refractivity contribution in [2.24, 2.45) is 0 Å². The van der Waals surface area contributed by atoms with Gasteiger partial charge in [0.25, 0.3) is 0 Å². The van der Waals surface area contributed by atoms with E-state index in [0.717, 1.165) is 138 Å². The quantitative estimate of drug-likeness (QED) is 0.148. The highest BCUT2D eigenvalue weighted by Crippen LogP contribution is 2.50. The minimum atomic E-state index is 0.546. The van der Waals surface area contributed by atoms with Crippen molar-refractivity contribution in [3.8, 4) is 90.6 Å². The Kier molecular flexibility index (Phi) is 10.4. The van der Waals surface area contributed by atoms with E-state index in [4.69, 9.17) is 38.7 Å². The van der Waals surface area contributed by atoms with Crippen molar-refractivity contribution < 1.29 is 8.83 Å². The number of hydrogen-bond acceptors (Lipinski definition) is 8. The minimum Gasteiger partial charge on any atom is -0.456 e. The number of benzene rings is 13. The summed E-state index contributed by atoms with van der Waals surface area (Å²) in [5.74, 6) is 3.51. The Morgan fingerprint density at radius 2 is 0.617 bits per heavy atom. The largest absolute Gasteiger partial charge is 0.456 e. The molecule has 0 spiro atoms. The van der Waals surface area contributed by atoms with Crippen LogP contribution < -0.4 is 0 Å². The van der Waals surface area contributed by atoms with E-state index >= 15 is 0 Å². The molecule has 8 aromatic heterocycles. The van der Waals surface area contributed by atoms with Crippen molar-refractivity contribution in [2.45, 2.75) is 0 Å². The Hall–Kier alpha value is -12.9. The maximum absolute atomic E-state index is 7.09. The fourth-order valence-electron chi connectivity index (χ4n) is 15.1. The standard InChI is InChI=1S/C84H46N8O2/c1-4-18-48(19-5-1)79-85-82(88-83(87-79)55-25-16-24-52(42-55)53-39-41-69-64(43-53)73-70(93-69)45-62-56-26-10-13-31-65(56)91-67-33-15-12-28-58(67)74(73)76(62)91)51-36-34-47(35-37-51)54-38-40-59-68(44-54)92-66-32-14-11-27-57(66)63-46-71-72(75(59)77(63)92)60-29-17-30-61(78(60)94-71)84-89-80(49-20-6-2-7-21-49)86-81(90-84)50-22-8-3-9-23-50/h1-46H. The van der Waals surface area contributed by atoms with Gasteiger partial charge in [0.2, 0.25) is 0 Å². The van der Waals surface area contributed by atoms with Gasteiger partial charge in [-0.1, -0.05) is 218 Å². The van der Waals surface area contributed by atoms with Crippen LogP contribution in [0.3, 0.4) is 0 Å². The number of hydrogen-bond donors (Lipinski definition) is 0. The first-order chi connectivity index (χ1) is 46.6. The molecule has 21 rings (SSSR count). The maximum Gasteiger partial charge on any atom is 0.167 e. The molecule has 0 aliphatic rings. The van der Waals surface area contributed by atoms with Gasteiger partial charge in [-0.05, 0) is 82.9 Å². The predicted molar refractivity (Wildman–Crippen MR) is 381 cm³/mol. The van der Waals surface area contributed by atoms with Gasteiger partial charge in [0.05, 0.1) is 38.7 Å². The normalized spacial score (nSPS) is 12.3. The van der Waals surface area contributed by atoms with Crippen LogP contribution in [0.5, 0.6) is 0 Å². The summed E-state index contributed by atoms with van der Waals surface area (Å²) >= 11 is 0. The van der Waals surface area contributed by atoms with Crippen LogP contribution in [0.25, 0.3) is 211 Å². The van der Waals surface area contributed by atoms with Crippen molar-refractivity contribution in [3.63, 3.8) is 0 Å². The molecule has 0 radical (unpaired) electrons. The third-order valence-corrected chi connectivity index (χ3v) is 19.3. The summed E-state index contributed by atoms with van der Waals surface area (Å²) < 4.78 is 18.7. The van der Waals surface area contributed by atoms with Crippen LogP contribution in [0, 0.1) is 0 Å². The predicted octanol–water partition coefficient (Wildman–Crippen LogP) is 21.5. The van der Waals surface area contributed by atoms with Gasteiger partial charge in [-0.2, -0.15) is 0 Å². The van der Waals surface area contributed by atoms with Crippen LogP contribution in [0.2, 0.25) is 0 Å². The summed E-state index contributed by atoms with van der Waals surface area (Å²) in [5, 5.41) is 13.7. The van der Waals surface area contributed by atoms with Gasteiger partial charge in [-0.15, -0.1) is 0 Å². The van der Waals surface area contributed by atoms with E-state index in [0.29, 0.717) is 34.9 Å². The minimum absolute atomic E-state index is 0.546. The lowest BCUT2D eigenvalue weighted by molar-refractivity contribution is 0.669. The Balaban J connectivity index is 0.669. The second-order valence-electron chi connectivity index (χ2n) is 24.5. The molecular weight excluding hydrogens is 1150 g/mol. The van der Waals surface area contributed by atoms with Gasteiger partial charge in [-0.25, -0.2) is 29.9 Å². The molecule has 10 heteroatoms. The topological polar surface area (TPSA) is 112 Å². The van der Waals surface area contributed by atoms with Crippen molar-refractivity contribution in [1.82, 2.24) is 38.7 Å². The zero-order valence-corrected chi connectivity index (χ0v) is 50.0. The van der Waals surface area contributed by atoms with E-state index in [-0.39, 0.29) is 0 Å². The molecule has 21 aromatic rings. The number of rotatable bonds is 8. The molecule has 0 unspecified atom stereocenters. The summed E-state index contributed by atoms with van der Waals surface area (Å²) in [5.41, 5.74) is 19.8. The zero-order chi connectivity index (χ0) is 61.3. The van der Waals surface area contributed by atoms with Crippen molar-refractivity contribution in [1.29, 1.82) is 0 Å². The number of aromatic nitrogens is 8. The molecule has 0 bridgehead atoms. The van der Waals surface area contributed by atoms with Gasteiger partial charge >= 0.3 is 0 Å². The first kappa shape index (κ1) is 50.9. The van der Waals surface area contributed by atoms with Crippen LogP contribution in [0.15, 0.2) is 288 Å². The Bertz CT molecular complexity index is 6650. The number of furan rings is 2. The van der Waals surface area contributed by atoms with E-state index < -0.39 is 0 Å². The highest BCUT2D eigenvalue weighted by Gasteiger charge is 2.27. The molecule has 0 fully saturated rings. The molecule has 0 amide bonds. The second kappa shape index (κ2) is 19.3. The van der Waals surface area contributed by atoms with Crippen molar-refractivity contribution in [3.05, 3.63) is 279 Å². The number of para-hydroxylation sites is 4. The Labute approximate surface area is 534 Å². The Morgan fingerprint density at radius 3 is 1.23 bits per heavy atom. The fourth-order valence-corrected chi connectivity index (χ4v) is 15.1. The summed E-state index contributed by atoms with van der Waals surface area (Å²) in [6.07, 6.45) is 0. The number of fused-ring (bicyclic) bond motifs is 20. The maximum atomic E-state index is 7.09. The van der Waals surface area contributed by atoms with Gasteiger partial charge in [-0.3, -0.25) is 0 Å². The average Bonchev–Trinajstić information content (AvgIpc) is 1.53. The lowest BCUT2D eigenvalue weighted by Crippen LogP contribution is -2.00. The molecule has 0 saturated carbocycles. The SMILES string of the molecule is c1ccc(-c2nc(-c3ccc(-c4ccc5c6c7c(cc8c9ccccc9n(c5c4)c86)oc4c(-c5nc(-c6ccccc6)nc(-c6ccccc6)n5)cccc47)cc3)nc(-c3cccc(-c4ccc5oc6cc7c8ccccc8n8c9ccccc9c(c6c5c4)c78)c3)n2)cc1. The lowest BCUT2D eigenvalue weighted by atomic mass is 9.98. The molecular formula is C84H46N8O2. The van der Waals surface area contributed by atoms with Gasteiger partial charge in [0.1, 0.15) is 22.3 Å². The molecule has 8 heterocycles. The summed E-state index contributed by atoms with van der Waals surface area (Å²) in [4.78, 5) is 30.9. The van der Waals surface area contributed by atoms with Crippen molar-refractivity contribution in [2.75, 3.05) is 0 Å². The van der Waals surface area contributed by atoms with Crippen molar-refractivity contribution >= 4 is 120 Å². The third-order valence-electron chi connectivity index (χ3n) is 19.3. The van der Waals surface area contributed by atoms with Gasteiger partial charge in [0.15, 0.2) is 34.9 Å². The second-order valence-corrected chi connectivity index (χ2v) is 24.5. The molecule has 0 N–H and O–H groups in total. The average molecular weight is 1200 g/mol. The van der Waals surface area contributed by atoms with Crippen LogP contribution in [0.4, 0.5) is 0 Å². The smallest absolute Gasteiger partial charge is 0.167 e. The van der Waals surface area contributed by atoms with E-state index in [2.05, 4.69) is 209 Å². The lowest BCUT2D eigenvalue weighted by Gasteiger charge is -2.10. The molecule has 13 aromatic carbocycles. The molecule has 434 valence electrons. The fraction of sp³-hybridized carbons (Fsp3) is 0. The van der Waals surface area contributed by atoms with Crippen LogP contribution >= 0.6 is 0 Å². The molecule has 94 heavy (non-hydrogen) atoms. The monoisotopic (exact) mass is 1200 g/mol. The molecule has 0 saturated heterocycles. The first-order valence-electron chi connectivity index (χ1n) is 31.6. The zero-order valence-electron chi connectivity index (χ0n) is 50.0. The van der Waals surface area contributed by atoms with E-state index in [1.807, 2.05) is 78.9 Å². The molecule has 0 aliphatic heterocycles. The van der Waals surface area contributed by atoms with Gasteiger partial charge < -0.3 is 17.6 Å². The molecule has 0 atom stereocenters. The molecule has 10 nitrogen and oxygen atoms in total. The van der Waals surface area contributed by atoms with Gasteiger partial charge in [0, 0.05) is 92.5 Å². The Morgan fingerprint density at radius 1 is 0.213 bits per heavy atom. The summed E-state index contributed by atoms with van der Waals surface area (Å²) in [6, 6.07) is 97.7. The summed E-state index contributed by atoms with van der Waals surface area (Å²) in [7, 11) is 0.